The van der Waals surface area contributed by atoms with Crippen LogP contribution in [0.5, 0.6) is 0 Å². The normalized spacial score (nSPS) is 10.6. The number of nitrogens with one attached hydrogen (secondary N) is 1. The molecule has 0 aromatic heterocycles. The Balaban J connectivity index is 1.65. The van der Waals surface area contributed by atoms with E-state index in [1.165, 1.54) is 12.7 Å². The van der Waals surface area contributed by atoms with Gasteiger partial charge in [0.2, 0.25) is 5.91 Å². The summed E-state index contributed by atoms with van der Waals surface area (Å²) in [4.78, 5) is 26.7. The van der Waals surface area contributed by atoms with Crippen molar-refractivity contribution in [2.75, 3.05) is 18.6 Å². The third kappa shape index (κ3) is 6.79. The summed E-state index contributed by atoms with van der Waals surface area (Å²) in [5, 5.41) is 2.96. The van der Waals surface area contributed by atoms with Crippen molar-refractivity contribution in [3.8, 4) is 0 Å². The highest BCUT2D eigenvalue weighted by molar-refractivity contribution is 5.94. The van der Waals surface area contributed by atoms with E-state index in [1.807, 2.05) is 74.5 Å². The van der Waals surface area contributed by atoms with E-state index in [9.17, 15) is 9.59 Å². The monoisotopic (exact) mass is 430 g/mol. The van der Waals surface area contributed by atoms with Gasteiger partial charge >= 0.3 is 0 Å². The van der Waals surface area contributed by atoms with Crippen LogP contribution in [0.15, 0.2) is 72.8 Å². The van der Waals surface area contributed by atoms with Crippen LogP contribution in [-0.4, -0.2) is 25.5 Å². The number of nitrogens with zero attached hydrogens (tertiary/aromatic N) is 1. The molecule has 32 heavy (non-hydrogen) atoms. The van der Waals surface area contributed by atoms with Gasteiger partial charge in [-0.3, -0.25) is 9.59 Å². The zero-order valence-corrected chi connectivity index (χ0v) is 18.9. The van der Waals surface area contributed by atoms with Crippen LogP contribution < -0.4 is 10.2 Å². The van der Waals surface area contributed by atoms with Crippen LogP contribution in [0.1, 0.15) is 27.8 Å². The van der Waals surface area contributed by atoms with Crippen LogP contribution in [-0.2, 0) is 33.8 Å². The van der Waals surface area contributed by atoms with Gasteiger partial charge in [0, 0.05) is 19.3 Å². The lowest BCUT2D eigenvalue weighted by molar-refractivity contribution is -0.122. The molecule has 5 nitrogen and oxygen atoms in total. The largest absolute Gasteiger partial charge is 0.375 e. The van der Waals surface area contributed by atoms with Gasteiger partial charge in [0.15, 0.2) is 0 Å². The summed E-state index contributed by atoms with van der Waals surface area (Å²) in [6.45, 7) is 5.04. The summed E-state index contributed by atoms with van der Waals surface area (Å²) in [5.74, 6) is -0.149. The van der Waals surface area contributed by atoms with Crippen molar-refractivity contribution in [3.05, 3.63) is 101 Å². The molecule has 0 fully saturated rings. The average Bonchev–Trinajstić information content (AvgIpc) is 2.77. The molecule has 0 unspecified atom stereocenters. The number of hydrogen-bond acceptors (Lipinski definition) is 3. The molecular weight excluding hydrogens is 400 g/mol. The number of ether oxygens (including phenoxy) is 1. The second-order valence-corrected chi connectivity index (χ2v) is 8.01. The molecule has 0 saturated carbocycles. The number of carbonyl (C=O) groups excluding carboxylic acids is 2. The fourth-order valence-electron chi connectivity index (χ4n) is 3.58. The number of carbonyl (C=O) groups is 2. The minimum Gasteiger partial charge on any atom is -0.375 e. The Morgan fingerprint density at radius 3 is 2.09 bits per heavy atom. The second-order valence-electron chi connectivity index (χ2n) is 8.01. The Labute approximate surface area is 190 Å². The van der Waals surface area contributed by atoms with E-state index in [1.54, 1.807) is 4.90 Å². The molecule has 0 saturated heterocycles. The predicted octanol–water partition coefficient (Wildman–Crippen LogP) is 4.34. The van der Waals surface area contributed by atoms with Crippen LogP contribution in [0, 0.1) is 13.8 Å². The number of rotatable bonds is 9. The van der Waals surface area contributed by atoms with Crippen molar-refractivity contribution < 1.29 is 14.3 Å². The van der Waals surface area contributed by atoms with Crippen molar-refractivity contribution in [2.24, 2.45) is 0 Å². The van der Waals surface area contributed by atoms with E-state index >= 15 is 0 Å². The molecule has 5 heteroatoms. The molecule has 0 bridgehead atoms. The number of methoxy groups -OCH3 is 1. The SMILES string of the molecule is COCC(=O)N(Cc1cccc(C)c1)c1ccc(CC(=O)NCc2cccc(C)c2)cc1. The van der Waals surface area contributed by atoms with Gasteiger partial charge in [0.05, 0.1) is 13.0 Å². The molecule has 0 atom stereocenters. The van der Waals surface area contributed by atoms with Crippen molar-refractivity contribution >= 4 is 17.5 Å². The first-order valence-corrected chi connectivity index (χ1v) is 10.7. The Hall–Kier alpha value is -3.44. The van der Waals surface area contributed by atoms with Gasteiger partial charge < -0.3 is 15.0 Å². The number of benzene rings is 3. The lowest BCUT2D eigenvalue weighted by atomic mass is 10.1. The summed E-state index contributed by atoms with van der Waals surface area (Å²) < 4.78 is 5.07. The summed E-state index contributed by atoms with van der Waals surface area (Å²) in [6.07, 6.45) is 0.288. The van der Waals surface area contributed by atoms with E-state index in [0.717, 1.165) is 27.9 Å². The fourth-order valence-corrected chi connectivity index (χ4v) is 3.58. The van der Waals surface area contributed by atoms with E-state index in [-0.39, 0.29) is 24.8 Å². The molecular formula is C27H30N2O3. The summed E-state index contributed by atoms with van der Waals surface area (Å²) in [5.41, 5.74) is 6.12. The number of hydrogen-bond donors (Lipinski definition) is 1. The Bertz CT molecular complexity index is 1060. The van der Waals surface area contributed by atoms with Gasteiger partial charge in [-0.25, -0.2) is 0 Å². The minimum absolute atomic E-state index is 0.00886. The maximum atomic E-state index is 12.7. The third-order valence-electron chi connectivity index (χ3n) is 5.18. The molecule has 2 amide bonds. The highest BCUT2D eigenvalue weighted by Crippen LogP contribution is 2.20. The molecule has 0 aliphatic rings. The van der Waals surface area contributed by atoms with E-state index in [4.69, 9.17) is 4.74 Å². The molecule has 3 rings (SSSR count). The van der Waals surface area contributed by atoms with Gasteiger partial charge in [0.25, 0.3) is 5.91 Å². The van der Waals surface area contributed by atoms with Crippen LogP contribution in [0.25, 0.3) is 0 Å². The number of amides is 2. The molecule has 1 N–H and O–H groups in total. The van der Waals surface area contributed by atoms with Gasteiger partial charge in [0.1, 0.15) is 6.61 Å². The van der Waals surface area contributed by atoms with Gasteiger partial charge in [-0.05, 0) is 42.7 Å². The fraction of sp³-hybridized carbons (Fsp3) is 0.259. The van der Waals surface area contributed by atoms with Gasteiger partial charge in [-0.1, -0.05) is 71.8 Å². The van der Waals surface area contributed by atoms with Crippen LogP contribution in [0.2, 0.25) is 0 Å². The first-order valence-electron chi connectivity index (χ1n) is 10.7. The first-order chi connectivity index (χ1) is 15.4. The Morgan fingerprint density at radius 2 is 1.47 bits per heavy atom. The number of aryl methyl sites for hydroxylation is 2. The lowest BCUT2D eigenvalue weighted by Gasteiger charge is -2.23. The van der Waals surface area contributed by atoms with Crippen LogP contribution >= 0.6 is 0 Å². The average molecular weight is 431 g/mol. The quantitative estimate of drug-likeness (QED) is 0.549. The molecule has 0 spiro atoms. The van der Waals surface area contributed by atoms with Crippen molar-refractivity contribution in [1.29, 1.82) is 0 Å². The molecule has 3 aromatic rings. The smallest absolute Gasteiger partial charge is 0.253 e. The topological polar surface area (TPSA) is 58.6 Å². The molecule has 3 aromatic carbocycles. The summed E-state index contributed by atoms with van der Waals surface area (Å²) in [6, 6.07) is 23.7. The van der Waals surface area contributed by atoms with Crippen molar-refractivity contribution in [1.82, 2.24) is 5.32 Å². The second kappa shape index (κ2) is 11.3. The van der Waals surface area contributed by atoms with Gasteiger partial charge in [-0.2, -0.15) is 0 Å². The molecule has 0 aliphatic carbocycles. The molecule has 0 aliphatic heterocycles. The molecule has 0 heterocycles. The third-order valence-corrected chi connectivity index (χ3v) is 5.18. The highest BCUT2D eigenvalue weighted by atomic mass is 16.5. The minimum atomic E-state index is -0.113. The van der Waals surface area contributed by atoms with Crippen LogP contribution in [0.4, 0.5) is 5.69 Å². The van der Waals surface area contributed by atoms with Crippen LogP contribution in [0.3, 0.4) is 0 Å². The van der Waals surface area contributed by atoms with Crippen molar-refractivity contribution in [3.63, 3.8) is 0 Å². The Kier molecular flexibility index (Phi) is 8.17. The summed E-state index contributed by atoms with van der Waals surface area (Å²) in [7, 11) is 1.52. The zero-order valence-electron chi connectivity index (χ0n) is 18.9. The van der Waals surface area contributed by atoms with E-state index < -0.39 is 0 Å². The van der Waals surface area contributed by atoms with E-state index in [0.29, 0.717) is 13.1 Å². The summed E-state index contributed by atoms with van der Waals surface area (Å²) >= 11 is 0. The van der Waals surface area contributed by atoms with Gasteiger partial charge in [-0.15, -0.1) is 0 Å². The lowest BCUT2D eigenvalue weighted by Crippen LogP contribution is -2.33. The van der Waals surface area contributed by atoms with Crippen molar-refractivity contribution in [2.45, 2.75) is 33.4 Å². The maximum absolute atomic E-state index is 12.7. The standard InChI is InChI=1S/C27H30N2O3/c1-20-6-4-8-23(14-20)17-28-26(30)16-22-10-12-25(13-11-22)29(27(31)19-32-3)18-24-9-5-7-21(2)15-24/h4-15H,16-19H2,1-3H3,(H,28,30). The number of anilines is 1. The predicted molar refractivity (Wildman–Crippen MR) is 127 cm³/mol. The first kappa shape index (κ1) is 23.2. The molecule has 166 valence electrons. The molecule has 0 radical (unpaired) electrons. The zero-order chi connectivity index (χ0) is 22.9. The highest BCUT2D eigenvalue weighted by Gasteiger charge is 2.16. The maximum Gasteiger partial charge on any atom is 0.253 e. The van der Waals surface area contributed by atoms with E-state index in [2.05, 4.69) is 17.4 Å². The Morgan fingerprint density at radius 1 is 0.844 bits per heavy atom.